The molecule has 0 spiro atoms. The summed E-state index contributed by atoms with van der Waals surface area (Å²) >= 11 is 6.06. The van der Waals surface area contributed by atoms with Crippen LogP contribution < -0.4 is 5.32 Å². The van der Waals surface area contributed by atoms with Gasteiger partial charge in [0.15, 0.2) is 6.61 Å². The molecule has 1 heterocycles. The lowest BCUT2D eigenvalue weighted by Crippen LogP contribution is -2.35. The Bertz CT molecular complexity index is 791. The Morgan fingerprint density at radius 1 is 1.30 bits per heavy atom. The zero-order chi connectivity index (χ0) is 20.0. The van der Waals surface area contributed by atoms with Gasteiger partial charge in [0.05, 0.1) is 10.6 Å². The molecule has 150 valence electrons. The summed E-state index contributed by atoms with van der Waals surface area (Å²) in [6.07, 6.45) is 3.35. The molecule has 0 aromatic heterocycles. The second-order valence-electron chi connectivity index (χ2n) is 6.59. The molecule has 1 N–H and O–H groups in total. The molecule has 0 unspecified atom stereocenters. The van der Waals surface area contributed by atoms with Gasteiger partial charge in [0.2, 0.25) is 10.0 Å². The van der Waals surface area contributed by atoms with Gasteiger partial charge in [-0.25, -0.2) is 13.2 Å². The van der Waals surface area contributed by atoms with Crippen molar-refractivity contribution >= 4 is 33.5 Å². The SMILES string of the molecule is CCC[C@@H](C)NC(=O)COC(=O)c1ccc(Cl)c(S(=O)(=O)N2CCCC2)c1. The van der Waals surface area contributed by atoms with Crippen LogP contribution in [0.2, 0.25) is 5.02 Å². The number of ether oxygens (including phenoxy) is 1. The fourth-order valence-corrected chi connectivity index (χ4v) is 4.95. The molecule has 0 aliphatic carbocycles. The first-order valence-corrected chi connectivity index (χ1v) is 10.8. The van der Waals surface area contributed by atoms with Crippen LogP contribution in [0.4, 0.5) is 0 Å². The Balaban J connectivity index is 2.06. The van der Waals surface area contributed by atoms with Gasteiger partial charge in [-0.15, -0.1) is 0 Å². The maximum Gasteiger partial charge on any atom is 0.338 e. The van der Waals surface area contributed by atoms with Crippen LogP contribution in [0.3, 0.4) is 0 Å². The highest BCUT2D eigenvalue weighted by atomic mass is 35.5. The topological polar surface area (TPSA) is 92.8 Å². The van der Waals surface area contributed by atoms with Crippen LogP contribution >= 0.6 is 11.6 Å². The van der Waals surface area contributed by atoms with Gasteiger partial charge in [-0.05, 0) is 44.4 Å². The highest BCUT2D eigenvalue weighted by Gasteiger charge is 2.30. The smallest absolute Gasteiger partial charge is 0.338 e. The summed E-state index contributed by atoms with van der Waals surface area (Å²) in [6.45, 7) is 4.32. The molecule has 1 fully saturated rings. The van der Waals surface area contributed by atoms with E-state index in [9.17, 15) is 18.0 Å². The molecule has 1 aromatic rings. The Morgan fingerprint density at radius 2 is 1.96 bits per heavy atom. The molecule has 0 saturated carbocycles. The Morgan fingerprint density at radius 3 is 2.59 bits per heavy atom. The first-order valence-electron chi connectivity index (χ1n) is 9.02. The second-order valence-corrected chi connectivity index (χ2v) is 8.90. The van der Waals surface area contributed by atoms with Crippen LogP contribution in [0.25, 0.3) is 0 Å². The molecule has 1 aromatic carbocycles. The average molecular weight is 417 g/mol. The number of amides is 1. The van der Waals surface area contributed by atoms with E-state index in [1.807, 2.05) is 13.8 Å². The van der Waals surface area contributed by atoms with Crippen molar-refractivity contribution in [3.8, 4) is 0 Å². The average Bonchev–Trinajstić information content (AvgIpc) is 3.15. The molecule has 1 saturated heterocycles. The Kier molecular flexibility index (Phi) is 7.64. The number of hydrogen-bond acceptors (Lipinski definition) is 5. The van der Waals surface area contributed by atoms with E-state index in [4.69, 9.17) is 16.3 Å². The zero-order valence-corrected chi connectivity index (χ0v) is 17.1. The summed E-state index contributed by atoms with van der Waals surface area (Å²) in [7, 11) is -3.76. The molecule has 1 aliphatic rings. The molecule has 0 bridgehead atoms. The van der Waals surface area contributed by atoms with Crippen LogP contribution in [0, 0.1) is 0 Å². The number of carbonyl (C=O) groups is 2. The number of esters is 1. The molecule has 27 heavy (non-hydrogen) atoms. The molecule has 9 heteroatoms. The minimum atomic E-state index is -3.76. The van der Waals surface area contributed by atoms with Crippen LogP contribution in [-0.4, -0.2) is 50.3 Å². The number of hydrogen-bond donors (Lipinski definition) is 1. The molecular formula is C18H25ClN2O5S. The van der Waals surface area contributed by atoms with Crippen molar-refractivity contribution in [3.05, 3.63) is 28.8 Å². The van der Waals surface area contributed by atoms with E-state index < -0.39 is 28.5 Å². The van der Waals surface area contributed by atoms with Crippen molar-refractivity contribution in [2.75, 3.05) is 19.7 Å². The maximum atomic E-state index is 12.7. The molecule has 2 rings (SSSR count). The monoisotopic (exact) mass is 416 g/mol. The molecule has 0 radical (unpaired) electrons. The van der Waals surface area contributed by atoms with E-state index in [0.717, 1.165) is 25.7 Å². The zero-order valence-electron chi connectivity index (χ0n) is 15.5. The summed E-state index contributed by atoms with van der Waals surface area (Å²) in [6, 6.07) is 3.93. The van der Waals surface area contributed by atoms with Crippen LogP contribution in [0.15, 0.2) is 23.1 Å². The van der Waals surface area contributed by atoms with E-state index in [1.54, 1.807) is 0 Å². The van der Waals surface area contributed by atoms with Crippen molar-refractivity contribution < 1.29 is 22.7 Å². The predicted molar refractivity (Wildman–Crippen MR) is 102 cm³/mol. The summed E-state index contributed by atoms with van der Waals surface area (Å²) in [5.41, 5.74) is 0.0339. The third-order valence-corrected chi connectivity index (χ3v) is 6.69. The van der Waals surface area contributed by atoms with Crippen LogP contribution in [0.1, 0.15) is 49.9 Å². The van der Waals surface area contributed by atoms with Gasteiger partial charge in [-0.1, -0.05) is 24.9 Å². The summed E-state index contributed by atoms with van der Waals surface area (Å²) in [4.78, 5) is 23.9. The first-order chi connectivity index (χ1) is 12.8. The first kappa shape index (κ1) is 21.7. The molecule has 7 nitrogen and oxygen atoms in total. The lowest BCUT2D eigenvalue weighted by molar-refractivity contribution is -0.124. The van der Waals surface area contributed by atoms with Crippen LogP contribution in [0.5, 0.6) is 0 Å². The number of carbonyl (C=O) groups excluding carboxylic acids is 2. The maximum absolute atomic E-state index is 12.7. The lowest BCUT2D eigenvalue weighted by Gasteiger charge is -2.17. The molecule has 1 atom stereocenters. The lowest BCUT2D eigenvalue weighted by atomic mass is 10.2. The van der Waals surface area contributed by atoms with Gasteiger partial charge in [-0.2, -0.15) is 4.31 Å². The Hall–Kier alpha value is -1.64. The predicted octanol–water partition coefficient (Wildman–Crippen LogP) is 2.59. The van der Waals surface area contributed by atoms with Crippen molar-refractivity contribution in [1.29, 1.82) is 0 Å². The minimum Gasteiger partial charge on any atom is -0.452 e. The Labute approximate surface area is 165 Å². The fraction of sp³-hybridized carbons (Fsp3) is 0.556. The van der Waals surface area contributed by atoms with E-state index in [1.165, 1.54) is 22.5 Å². The quantitative estimate of drug-likeness (QED) is 0.657. The summed E-state index contributed by atoms with van der Waals surface area (Å²) in [5, 5.41) is 2.78. The number of rotatable bonds is 8. The third-order valence-electron chi connectivity index (χ3n) is 4.31. The number of sulfonamides is 1. The standard InChI is InChI=1S/C18H25ClN2O5S/c1-3-6-13(2)20-17(22)12-26-18(23)14-7-8-15(19)16(11-14)27(24,25)21-9-4-5-10-21/h7-8,11,13H,3-6,9-10,12H2,1-2H3,(H,20,22)/t13-/m1/s1. The van der Waals surface area contributed by atoms with Crippen LogP contribution in [-0.2, 0) is 19.6 Å². The highest BCUT2D eigenvalue weighted by molar-refractivity contribution is 7.89. The number of nitrogens with one attached hydrogen (secondary N) is 1. The second kappa shape index (κ2) is 9.52. The highest BCUT2D eigenvalue weighted by Crippen LogP contribution is 2.28. The van der Waals surface area contributed by atoms with Gasteiger partial charge in [0.25, 0.3) is 5.91 Å². The van der Waals surface area contributed by atoms with Gasteiger partial charge >= 0.3 is 5.97 Å². The van der Waals surface area contributed by atoms with Gasteiger partial charge in [0.1, 0.15) is 4.90 Å². The van der Waals surface area contributed by atoms with Crippen molar-refractivity contribution in [3.63, 3.8) is 0 Å². The van der Waals surface area contributed by atoms with Crippen molar-refractivity contribution in [1.82, 2.24) is 9.62 Å². The summed E-state index contributed by atoms with van der Waals surface area (Å²) < 4.78 is 31.8. The van der Waals surface area contributed by atoms with E-state index in [-0.39, 0.29) is 21.5 Å². The minimum absolute atomic E-state index is 0.00561. The van der Waals surface area contributed by atoms with E-state index in [2.05, 4.69) is 5.32 Å². The van der Waals surface area contributed by atoms with Gasteiger partial charge < -0.3 is 10.1 Å². The number of benzene rings is 1. The summed E-state index contributed by atoms with van der Waals surface area (Å²) in [5.74, 6) is -1.17. The van der Waals surface area contributed by atoms with Gasteiger partial charge in [-0.3, -0.25) is 4.79 Å². The van der Waals surface area contributed by atoms with Crippen molar-refractivity contribution in [2.24, 2.45) is 0 Å². The molecule has 1 amide bonds. The number of halogens is 1. The van der Waals surface area contributed by atoms with E-state index in [0.29, 0.717) is 13.1 Å². The largest absolute Gasteiger partial charge is 0.452 e. The third kappa shape index (κ3) is 5.67. The fourth-order valence-electron chi connectivity index (χ4n) is 2.93. The normalized spacial score (nSPS) is 16.1. The number of nitrogens with zero attached hydrogens (tertiary/aromatic N) is 1. The van der Waals surface area contributed by atoms with Gasteiger partial charge in [0, 0.05) is 19.1 Å². The van der Waals surface area contributed by atoms with Crippen molar-refractivity contribution in [2.45, 2.75) is 50.5 Å². The molecular weight excluding hydrogens is 392 g/mol. The molecule has 1 aliphatic heterocycles. The van der Waals surface area contributed by atoms with E-state index >= 15 is 0 Å².